The van der Waals surface area contributed by atoms with Gasteiger partial charge in [0.05, 0.1) is 32.0 Å². The highest BCUT2D eigenvalue weighted by atomic mass is 16.5. The molecule has 0 amide bonds. The number of hydrogen-bond acceptors (Lipinski definition) is 4. The lowest BCUT2D eigenvalue weighted by Crippen LogP contribution is -2.07. The Kier molecular flexibility index (Phi) is 3.26. The van der Waals surface area contributed by atoms with Gasteiger partial charge in [0.2, 0.25) is 0 Å². The van der Waals surface area contributed by atoms with Crippen LogP contribution >= 0.6 is 0 Å². The number of hydrogen-bond donors (Lipinski definition) is 1. The maximum atomic E-state index is 10.1. The first-order chi connectivity index (χ1) is 8.14. The minimum Gasteiger partial charge on any atom is -0.496 e. The third-order valence-electron chi connectivity index (χ3n) is 3.16. The highest BCUT2D eigenvalue weighted by Crippen LogP contribution is 2.48. The summed E-state index contributed by atoms with van der Waals surface area (Å²) in [6.07, 6.45) is 1.59. The molecule has 0 radical (unpaired) electrons. The predicted octanol–water partition coefficient (Wildman–Crippen LogP) is 1.83. The Labute approximate surface area is 101 Å². The summed E-state index contributed by atoms with van der Waals surface area (Å²) in [5, 5.41) is 10.1. The van der Waals surface area contributed by atoms with E-state index in [-0.39, 0.29) is 0 Å². The topological polar surface area (TPSA) is 47.9 Å². The summed E-state index contributed by atoms with van der Waals surface area (Å²) < 4.78 is 15.8. The van der Waals surface area contributed by atoms with E-state index in [1.807, 2.05) is 12.1 Å². The molecule has 0 aliphatic heterocycles. The molecule has 0 aromatic heterocycles. The summed E-state index contributed by atoms with van der Waals surface area (Å²) in [6, 6.07) is 3.73. The van der Waals surface area contributed by atoms with E-state index in [1.165, 1.54) is 0 Å². The second kappa shape index (κ2) is 4.55. The number of methoxy groups -OCH3 is 3. The van der Waals surface area contributed by atoms with Crippen LogP contribution in [0.25, 0.3) is 0 Å². The van der Waals surface area contributed by atoms with Crippen LogP contribution in [0.5, 0.6) is 11.5 Å². The van der Waals surface area contributed by atoms with Crippen molar-refractivity contribution in [3.05, 3.63) is 23.3 Å². The second-order valence-corrected chi connectivity index (χ2v) is 4.32. The predicted molar refractivity (Wildman–Crippen MR) is 63.4 cm³/mol. The average molecular weight is 238 g/mol. The molecule has 17 heavy (non-hydrogen) atoms. The van der Waals surface area contributed by atoms with Gasteiger partial charge < -0.3 is 19.3 Å². The molecule has 0 bridgehead atoms. The van der Waals surface area contributed by atoms with Crippen LogP contribution in [0.2, 0.25) is 0 Å². The summed E-state index contributed by atoms with van der Waals surface area (Å²) in [4.78, 5) is 0. The number of benzene rings is 1. The smallest absolute Gasteiger partial charge is 0.128 e. The first kappa shape index (κ1) is 12.2. The Morgan fingerprint density at radius 3 is 2.00 bits per heavy atom. The molecular weight excluding hydrogens is 220 g/mol. The Hall–Kier alpha value is -1.26. The fraction of sp³-hybridized carbons (Fsp3) is 0.538. The SMILES string of the molecule is COCc1c(OC)cc(C2(O)CC2)cc1OC. The van der Waals surface area contributed by atoms with Crippen molar-refractivity contribution in [2.75, 3.05) is 21.3 Å². The van der Waals surface area contributed by atoms with Gasteiger partial charge in [-0.2, -0.15) is 0 Å². The largest absolute Gasteiger partial charge is 0.496 e. The van der Waals surface area contributed by atoms with Crippen LogP contribution < -0.4 is 9.47 Å². The van der Waals surface area contributed by atoms with E-state index in [9.17, 15) is 5.11 Å². The summed E-state index contributed by atoms with van der Waals surface area (Å²) in [6.45, 7) is 0.422. The number of ether oxygens (including phenoxy) is 3. The fourth-order valence-electron chi connectivity index (χ4n) is 1.95. The molecule has 4 nitrogen and oxygen atoms in total. The molecule has 2 rings (SSSR count). The van der Waals surface area contributed by atoms with Crippen LogP contribution in [0.15, 0.2) is 12.1 Å². The molecule has 0 atom stereocenters. The molecule has 4 heteroatoms. The van der Waals surface area contributed by atoms with Crippen molar-refractivity contribution in [1.29, 1.82) is 0 Å². The van der Waals surface area contributed by atoms with Crippen LogP contribution in [0.1, 0.15) is 24.0 Å². The van der Waals surface area contributed by atoms with Crippen molar-refractivity contribution in [3.63, 3.8) is 0 Å². The lowest BCUT2D eigenvalue weighted by atomic mass is 10.0. The summed E-state index contributed by atoms with van der Waals surface area (Å²) in [5.41, 5.74) is 1.03. The van der Waals surface area contributed by atoms with Gasteiger partial charge >= 0.3 is 0 Å². The molecule has 0 unspecified atom stereocenters. The van der Waals surface area contributed by atoms with E-state index in [0.717, 1.165) is 24.0 Å². The van der Waals surface area contributed by atoms with Crippen LogP contribution in [-0.2, 0) is 16.9 Å². The highest BCUT2D eigenvalue weighted by molar-refractivity contribution is 5.50. The van der Waals surface area contributed by atoms with Crippen LogP contribution in [0.3, 0.4) is 0 Å². The summed E-state index contributed by atoms with van der Waals surface area (Å²) >= 11 is 0. The van der Waals surface area contributed by atoms with E-state index in [0.29, 0.717) is 18.1 Å². The van der Waals surface area contributed by atoms with Crippen molar-refractivity contribution in [2.24, 2.45) is 0 Å². The average Bonchev–Trinajstić information content (AvgIpc) is 3.09. The van der Waals surface area contributed by atoms with E-state index >= 15 is 0 Å². The quantitative estimate of drug-likeness (QED) is 0.850. The zero-order valence-electron chi connectivity index (χ0n) is 10.4. The van der Waals surface area contributed by atoms with Crippen LogP contribution in [-0.4, -0.2) is 26.4 Å². The van der Waals surface area contributed by atoms with Gasteiger partial charge in [-0.25, -0.2) is 0 Å². The molecule has 1 fully saturated rings. The zero-order chi connectivity index (χ0) is 12.5. The van der Waals surface area contributed by atoms with Crippen molar-refractivity contribution in [3.8, 4) is 11.5 Å². The number of rotatable bonds is 5. The normalized spacial score (nSPS) is 16.7. The third kappa shape index (κ3) is 2.23. The van der Waals surface area contributed by atoms with Crippen molar-refractivity contribution < 1.29 is 19.3 Å². The molecule has 1 aliphatic carbocycles. The molecule has 0 saturated heterocycles. The van der Waals surface area contributed by atoms with Crippen LogP contribution in [0.4, 0.5) is 0 Å². The lowest BCUT2D eigenvalue weighted by molar-refractivity contribution is 0.150. The first-order valence-corrected chi connectivity index (χ1v) is 5.61. The van der Waals surface area contributed by atoms with E-state index in [1.54, 1.807) is 21.3 Å². The fourth-order valence-corrected chi connectivity index (χ4v) is 1.95. The van der Waals surface area contributed by atoms with Crippen LogP contribution in [0, 0.1) is 0 Å². The summed E-state index contributed by atoms with van der Waals surface area (Å²) in [5.74, 6) is 1.39. The van der Waals surface area contributed by atoms with Gasteiger partial charge in [-0.05, 0) is 30.5 Å². The van der Waals surface area contributed by atoms with E-state index in [4.69, 9.17) is 14.2 Å². The van der Waals surface area contributed by atoms with Gasteiger partial charge in [-0.15, -0.1) is 0 Å². The maximum absolute atomic E-state index is 10.1. The third-order valence-corrected chi connectivity index (χ3v) is 3.16. The van der Waals surface area contributed by atoms with Gasteiger partial charge in [0, 0.05) is 7.11 Å². The highest BCUT2D eigenvalue weighted by Gasteiger charge is 2.43. The van der Waals surface area contributed by atoms with Crippen molar-refractivity contribution in [2.45, 2.75) is 25.0 Å². The first-order valence-electron chi connectivity index (χ1n) is 5.61. The molecule has 1 N–H and O–H groups in total. The van der Waals surface area contributed by atoms with Crippen molar-refractivity contribution in [1.82, 2.24) is 0 Å². The minimum atomic E-state index is -0.688. The number of aliphatic hydroxyl groups is 1. The van der Waals surface area contributed by atoms with E-state index < -0.39 is 5.60 Å². The molecule has 1 saturated carbocycles. The van der Waals surface area contributed by atoms with Gasteiger partial charge in [-0.3, -0.25) is 0 Å². The lowest BCUT2D eigenvalue weighted by Gasteiger charge is -2.17. The molecule has 94 valence electrons. The molecule has 1 aromatic rings. The molecule has 1 aliphatic rings. The van der Waals surface area contributed by atoms with E-state index in [2.05, 4.69) is 0 Å². The second-order valence-electron chi connectivity index (χ2n) is 4.32. The van der Waals surface area contributed by atoms with Gasteiger partial charge in [0.15, 0.2) is 0 Å². The maximum Gasteiger partial charge on any atom is 0.128 e. The molecular formula is C13H18O4. The monoisotopic (exact) mass is 238 g/mol. The summed E-state index contributed by atoms with van der Waals surface area (Å²) in [7, 11) is 4.84. The standard InChI is InChI=1S/C13H18O4/c1-15-8-10-11(16-2)6-9(7-12(10)17-3)13(14)4-5-13/h6-7,14H,4-5,8H2,1-3H3. The van der Waals surface area contributed by atoms with Crippen molar-refractivity contribution >= 4 is 0 Å². The Bertz CT molecular complexity index is 385. The molecule has 0 spiro atoms. The van der Waals surface area contributed by atoms with Gasteiger partial charge in [0.1, 0.15) is 11.5 Å². The minimum absolute atomic E-state index is 0.422. The Morgan fingerprint density at radius 2 is 1.65 bits per heavy atom. The van der Waals surface area contributed by atoms with Gasteiger partial charge in [-0.1, -0.05) is 0 Å². The Balaban J connectivity index is 2.46. The van der Waals surface area contributed by atoms with Gasteiger partial charge in [0.25, 0.3) is 0 Å². The molecule has 0 heterocycles. The Morgan fingerprint density at radius 1 is 1.12 bits per heavy atom. The molecule has 1 aromatic carbocycles. The zero-order valence-corrected chi connectivity index (χ0v) is 10.4.